The number of benzene rings is 1. The summed E-state index contributed by atoms with van der Waals surface area (Å²) >= 11 is 0. The lowest BCUT2D eigenvalue weighted by Crippen LogP contribution is -2.14. The molecule has 0 bridgehead atoms. The van der Waals surface area contributed by atoms with Gasteiger partial charge < -0.3 is 14.6 Å². The molecular weight excluding hydrogens is 200 g/mol. The van der Waals surface area contributed by atoms with Gasteiger partial charge in [0, 0.05) is 0 Å². The summed E-state index contributed by atoms with van der Waals surface area (Å²) in [4.78, 5) is 22.0. The number of para-hydroxylation sites is 1. The minimum Gasteiger partial charge on any atom is -0.465 e. The zero-order chi connectivity index (χ0) is 11.3. The van der Waals surface area contributed by atoms with Crippen molar-refractivity contribution >= 4 is 11.9 Å². The Balaban J connectivity index is 2.96. The summed E-state index contributed by atoms with van der Waals surface area (Å²) in [6.07, 6.45) is 0. The maximum Gasteiger partial charge on any atom is 0.341 e. The Hall–Kier alpha value is -1.88. The number of hydrogen-bond acceptors (Lipinski definition) is 5. The molecule has 1 rings (SSSR count). The monoisotopic (exact) mass is 210 g/mol. The summed E-state index contributed by atoms with van der Waals surface area (Å²) in [6.45, 7) is -0.741. The van der Waals surface area contributed by atoms with Crippen molar-refractivity contribution in [3.8, 4) is 5.75 Å². The van der Waals surface area contributed by atoms with Crippen LogP contribution in [-0.4, -0.2) is 30.8 Å². The highest BCUT2D eigenvalue weighted by atomic mass is 16.6. The average molecular weight is 210 g/mol. The fourth-order valence-electron chi connectivity index (χ4n) is 0.989. The Labute approximate surface area is 86.2 Å². The number of aliphatic hydroxyl groups excluding tert-OH is 1. The van der Waals surface area contributed by atoms with Gasteiger partial charge in [0.25, 0.3) is 0 Å². The lowest BCUT2D eigenvalue weighted by Gasteiger charge is -2.06. The van der Waals surface area contributed by atoms with E-state index in [0.29, 0.717) is 0 Å². The topological polar surface area (TPSA) is 72.8 Å². The first-order valence-electron chi connectivity index (χ1n) is 4.18. The molecule has 0 radical (unpaired) electrons. The van der Waals surface area contributed by atoms with E-state index in [1.54, 1.807) is 12.1 Å². The van der Waals surface area contributed by atoms with Crippen LogP contribution < -0.4 is 4.74 Å². The molecular formula is C10H10O5. The lowest BCUT2D eigenvalue weighted by atomic mass is 10.2. The SMILES string of the molecule is COC(=O)c1ccccc1OC(=O)CO. The van der Waals surface area contributed by atoms with Crippen LogP contribution in [0, 0.1) is 0 Å². The van der Waals surface area contributed by atoms with E-state index in [-0.39, 0.29) is 11.3 Å². The van der Waals surface area contributed by atoms with Crippen molar-refractivity contribution in [1.82, 2.24) is 0 Å². The second-order valence-corrected chi connectivity index (χ2v) is 2.62. The molecule has 0 saturated carbocycles. The molecule has 0 spiro atoms. The van der Waals surface area contributed by atoms with Gasteiger partial charge in [0.15, 0.2) is 0 Å². The Kier molecular flexibility index (Phi) is 3.82. The van der Waals surface area contributed by atoms with Gasteiger partial charge in [0.05, 0.1) is 7.11 Å². The number of rotatable bonds is 3. The van der Waals surface area contributed by atoms with Gasteiger partial charge >= 0.3 is 11.9 Å². The van der Waals surface area contributed by atoms with Gasteiger partial charge in [-0.05, 0) is 12.1 Å². The van der Waals surface area contributed by atoms with Crippen LogP contribution >= 0.6 is 0 Å². The normalized spacial score (nSPS) is 9.47. The predicted molar refractivity (Wildman–Crippen MR) is 50.5 cm³/mol. The molecule has 0 aliphatic carbocycles. The molecule has 0 atom stereocenters. The highest BCUT2D eigenvalue weighted by molar-refractivity contribution is 5.93. The summed E-state index contributed by atoms with van der Waals surface area (Å²) < 4.78 is 9.23. The van der Waals surface area contributed by atoms with Crippen LogP contribution in [0.15, 0.2) is 24.3 Å². The van der Waals surface area contributed by atoms with Crippen molar-refractivity contribution in [2.75, 3.05) is 13.7 Å². The molecule has 80 valence electrons. The van der Waals surface area contributed by atoms with E-state index in [1.807, 2.05) is 0 Å². The molecule has 0 heterocycles. The first-order valence-corrected chi connectivity index (χ1v) is 4.18. The number of esters is 2. The molecule has 0 saturated heterocycles. The zero-order valence-corrected chi connectivity index (χ0v) is 8.10. The summed E-state index contributed by atoms with van der Waals surface area (Å²) in [6, 6.07) is 6.13. The lowest BCUT2D eigenvalue weighted by molar-refractivity contribution is -0.137. The molecule has 1 aromatic carbocycles. The van der Waals surface area contributed by atoms with Crippen molar-refractivity contribution < 1.29 is 24.2 Å². The van der Waals surface area contributed by atoms with Gasteiger partial charge in [-0.3, -0.25) is 0 Å². The van der Waals surface area contributed by atoms with E-state index in [0.717, 1.165) is 0 Å². The molecule has 5 nitrogen and oxygen atoms in total. The van der Waals surface area contributed by atoms with Crippen molar-refractivity contribution in [2.24, 2.45) is 0 Å². The molecule has 1 N–H and O–H groups in total. The first-order chi connectivity index (χ1) is 7.19. The Morgan fingerprint density at radius 2 is 2.00 bits per heavy atom. The van der Waals surface area contributed by atoms with Crippen LogP contribution in [0.5, 0.6) is 5.75 Å². The van der Waals surface area contributed by atoms with Crippen LogP contribution in [0.1, 0.15) is 10.4 Å². The third-order valence-electron chi connectivity index (χ3n) is 1.65. The van der Waals surface area contributed by atoms with Crippen molar-refractivity contribution in [1.29, 1.82) is 0 Å². The van der Waals surface area contributed by atoms with Crippen LogP contribution in [0.25, 0.3) is 0 Å². The molecule has 0 amide bonds. The second kappa shape index (κ2) is 5.11. The van der Waals surface area contributed by atoms with Crippen molar-refractivity contribution in [3.05, 3.63) is 29.8 Å². The minimum absolute atomic E-state index is 0.0726. The second-order valence-electron chi connectivity index (χ2n) is 2.62. The zero-order valence-electron chi connectivity index (χ0n) is 8.10. The van der Waals surface area contributed by atoms with Gasteiger partial charge in [-0.15, -0.1) is 0 Å². The van der Waals surface area contributed by atoms with Crippen LogP contribution in [0.3, 0.4) is 0 Å². The minimum atomic E-state index is -0.827. The Bertz CT molecular complexity index is 372. The van der Waals surface area contributed by atoms with Gasteiger partial charge in [-0.2, -0.15) is 0 Å². The molecule has 0 aliphatic heterocycles. The highest BCUT2D eigenvalue weighted by Crippen LogP contribution is 2.18. The van der Waals surface area contributed by atoms with Gasteiger partial charge in [-0.25, -0.2) is 9.59 Å². The summed E-state index contributed by atoms with van der Waals surface area (Å²) in [5, 5.41) is 8.49. The molecule has 0 aliphatic rings. The third kappa shape index (κ3) is 2.78. The largest absolute Gasteiger partial charge is 0.465 e. The number of carbonyl (C=O) groups is 2. The maximum atomic E-state index is 11.2. The molecule has 0 unspecified atom stereocenters. The van der Waals surface area contributed by atoms with Crippen LogP contribution in [0.4, 0.5) is 0 Å². The van der Waals surface area contributed by atoms with E-state index in [2.05, 4.69) is 4.74 Å². The van der Waals surface area contributed by atoms with E-state index in [4.69, 9.17) is 9.84 Å². The van der Waals surface area contributed by atoms with Crippen molar-refractivity contribution in [3.63, 3.8) is 0 Å². The molecule has 5 heteroatoms. The summed E-state index contributed by atoms with van der Waals surface area (Å²) in [7, 11) is 1.23. The third-order valence-corrected chi connectivity index (χ3v) is 1.65. The quantitative estimate of drug-likeness (QED) is 0.576. The fourth-order valence-corrected chi connectivity index (χ4v) is 0.989. The summed E-state index contributed by atoms with van der Waals surface area (Å²) in [5.74, 6) is -1.36. The smallest absolute Gasteiger partial charge is 0.341 e. The number of carbonyl (C=O) groups excluding carboxylic acids is 2. The highest BCUT2D eigenvalue weighted by Gasteiger charge is 2.14. The average Bonchev–Trinajstić information content (AvgIpc) is 2.28. The van der Waals surface area contributed by atoms with E-state index in [1.165, 1.54) is 19.2 Å². The van der Waals surface area contributed by atoms with Gasteiger partial charge in [0.1, 0.15) is 17.9 Å². The molecule has 0 fully saturated rings. The predicted octanol–water partition coefficient (Wildman–Crippen LogP) is 0.371. The van der Waals surface area contributed by atoms with Crippen LogP contribution in [-0.2, 0) is 9.53 Å². The van der Waals surface area contributed by atoms with E-state index >= 15 is 0 Å². The first kappa shape index (κ1) is 11.2. The molecule has 15 heavy (non-hydrogen) atoms. The number of hydrogen-bond donors (Lipinski definition) is 1. The van der Waals surface area contributed by atoms with Crippen LogP contribution in [0.2, 0.25) is 0 Å². The Morgan fingerprint density at radius 1 is 1.33 bits per heavy atom. The number of ether oxygens (including phenoxy) is 2. The standard InChI is InChI=1S/C10H10O5/c1-14-10(13)7-4-2-3-5-8(7)15-9(12)6-11/h2-5,11H,6H2,1H3. The summed E-state index contributed by atoms with van der Waals surface area (Å²) in [5.41, 5.74) is 0.141. The maximum absolute atomic E-state index is 11.2. The van der Waals surface area contributed by atoms with E-state index < -0.39 is 18.5 Å². The number of aliphatic hydroxyl groups is 1. The van der Waals surface area contributed by atoms with E-state index in [9.17, 15) is 9.59 Å². The fraction of sp³-hybridized carbons (Fsp3) is 0.200. The molecule has 1 aromatic rings. The van der Waals surface area contributed by atoms with Gasteiger partial charge in [0.2, 0.25) is 0 Å². The Morgan fingerprint density at radius 3 is 2.60 bits per heavy atom. The number of methoxy groups -OCH3 is 1. The molecule has 0 aromatic heterocycles. The van der Waals surface area contributed by atoms with Crippen molar-refractivity contribution in [2.45, 2.75) is 0 Å². The van der Waals surface area contributed by atoms with Gasteiger partial charge in [-0.1, -0.05) is 12.1 Å².